The molecule has 3 aromatic rings. The third kappa shape index (κ3) is 5.02. The zero-order chi connectivity index (χ0) is 22.1. The summed E-state index contributed by atoms with van der Waals surface area (Å²) < 4.78 is 19.1. The van der Waals surface area contributed by atoms with Crippen LogP contribution in [0.25, 0.3) is 16.7 Å². The van der Waals surface area contributed by atoms with Crippen molar-refractivity contribution in [3.8, 4) is 17.6 Å². The number of likely N-dealkylation sites (tertiary alicyclic amines) is 1. The number of rotatable bonds is 5. The highest BCUT2D eigenvalue weighted by Crippen LogP contribution is 2.30. The standard InChI is InChI=1S/C23H30N6O3.H2S/c1-16-11-17-14-24-29(19(17)12-20(16)32-18-5-4-6-27(2)15-18)22-13-21(25-23(26-22)30-3)28-7-9-31-10-8-28;/h11-14,18H,4-10,15H2,1-3H3;1H2/t18-;/m0./s1. The van der Waals surface area contributed by atoms with Crippen molar-refractivity contribution >= 4 is 30.2 Å². The predicted octanol–water partition coefficient (Wildman–Crippen LogP) is 2.55. The van der Waals surface area contributed by atoms with Gasteiger partial charge in [0.05, 0.1) is 32.0 Å². The SMILES string of the molecule is COc1nc(N2CCOCC2)cc(-n2ncc3cc(C)c(O[C@H]4CCCN(C)C4)cc32)n1.S. The van der Waals surface area contributed by atoms with Crippen molar-refractivity contribution in [2.75, 3.05) is 58.5 Å². The molecule has 5 rings (SSSR count). The van der Waals surface area contributed by atoms with Crippen LogP contribution < -0.4 is 14.4 Å². The van der Waals surface area contributed by atoms with Crippen LogP contribution in [0.5, 0.6) is 11.8 Å². The number of piperidine rings is 1. The van der Waals surface area contributed by atoms with Gasteiger partial charge in [-0.2, -0.15) is 28.6 Å². The zero-order valence-electron chi connectivity index (χ0n) is 19.5. The second-order valence-electron chi connectivity index (χ2n) is 8.55. The van der Waals surface area contributed by atoms with Gasteiger partial charge in [0.1, 0.15) is 17.7 Å². The van der Waals surface area contributed by atoms with E-state index in [1.54, 1.807) is 7.11 Å². The van der Waals surface area contributed by atoms with Crippen LogP contribution >= 0.6 is 13.5 Å². The van der Waals surface area contributed by atoms with Gasteiger partial charge >= 0.3 is 6.01 Å². The summed E-state index contributed by atoms with van der Waals surface area (Å²) in [6, 6.07) is 6.48. The summed E-state index contributed by atoms with van der Waals surface area (Å²) in [7, 11) is 3.73. The van der Waals surface area contributed by atoms with Gasteiger partial charge in [0, 0.05) is 37.2 Å². The van der Waals surface area contributed by atoms with E-state index < -0.39 is 0 Å². The zero-order valence-corrected chi connectivity index (χ0v) is 20.5. The number of hydrogen-bond acceptors (Lipinski definition) is 8. The van der Waals surface area contributed by atoms with Crippen LogP contribution in [0.2, 0.25) is 0 Å². The summed E-state index contributed by atoms with van der Waals surface area (Å²) in [6.45, 7) is 7.10. The Hall–Kier alpha value is -2.56. The smallest absolute Gasteiger partial charge is 0.320 e. The van der Waals surface area contributed by atoms with Crippen molar-refractivity contribution < 1.29 is 14.2 Å². The predicted molar refractivity (Wildman–Crippen MR) is 133 cm³/mol. The third-order valence-electron chi connectivity index (χ3n) is 6.15. The molecule has 33 heavy (non-hydrogen) atoms. The van der Waals surface area contributed by atoms with E-state index in [0.717, 1.165) is 67.1 Å². The summed E-state index contributed by atoms with van der Waals surface area (Å²) in [5.41, 5.74) is 2.06. The molecule has 0 aliphatic carbocycles. The number of benzene rings is 1. The van der Waals surface area contributed by atoms with Crippen LogP contribution in [0.3, 0.4) is 0 Å². The molecule has 2 saturated heterocycles. The Bertz CT molecular complexity index is 1100. The average Bonchev–Trinajstić information content (AvgIpc) is 3.22. The van der Waals surface area contributed by atoms with Crippen LogP contribution in [0.1, 0.15) is 18.4 Å². The highest BCUT2D eigenvalue weighted by Gasteiger charge is 2.21. The number of hydrogen-bond donors (Lipinski definition) is 0. The number of aromatic nitrogens is 4. The topological polar surface area (TPSA) is 77.8 Å². The number of fused-ring (bicyclic) bond motifs is 1. The fourth-order valence-corrected chi connectivity index (χ4v) is 4.43. The first-order valence-corrected chi connectivity index (χ1v) is 11.2. The molecule has 2 fully saturated rings. The maximum absolute atomic E-state index is 6.43. The van der Waals surface area contributed by atoms with Gasteiger partial charge in [-0.1, -0.05) is 0 Å². The molecule has 9 nitrogen and oxygen atoms in total. The van der Waals surface area contributed by atoms with E-state index in [1.807, 2.05) is 16.9 Å². The van der Waals surface area contributed by atoms with Gasteiger partial charge in [0.15, 0.2) is 5.82 Å². The molecule has 10 heteroatoms. The van der Waals surface area contributed by atoms with Gasteiger partial charge < -0.3 is 24.0 Å². The quantitative estimate of drug-likeness (QED) is 0.561. The van der Waals surface area contributed by atoms with Crippen LogP contribution in [0.15, 0.2) is 24.4 Å². The minimum atomic E-state index is 0. The Morgan fingerprint density at radius 2 is 1.85 bits per heavy atom. The molecule has 178 valence electrons. The first-order valence-electron chi connectivity index (χ1n) is 11.2. The molecule has 0 spiro atoms. The summed E-state index contributed by atoms with van der Waals surface area (Å²) in [4.78, 5) is 13.6. The maximum atomic E-state index is 6.43. The first-order chi connectivity index (χ1) is 15.6. The lowest BCUT2D eigenvalue weighted by Crippen LogP contribution is -2.38. The Kier molecular flexibility index (Phi) is 7.26. The van der Waals surface area contributed by atoms with Gasteiger partial charge in [-0.15, -0.1) is 0 Å². The molecular weight excluding hydrogens is 440 g/mol. The number of ether oxygens (including phenoxy) is 3. The monoisotopic (exact) mass is 472 g/mol. The number of methoxy groups -OCH3 is 1. The van der Waals surface area contributed by atoms with Crippen molar-refractivity contribution in [1.29, 1.82) is 0 Å². The van der Waals surface area contributed by atoms with Gasteiger partial charge in [0.2, 0.25) is 0 Å². The van der Waals surface area contributed by atoms with Crippen molar-refractivity contribution in [1.82, 2.24) is 24.6 Å². The summed E-state index contributed by atoms with van der Waals surface area (Å²) in [5, 5.41) is 5.67. The van der Waals surface area contributed by atoms with Gasteiger partial charge in [-0.25, -0.2) is 4.68 Å². The Morgan fingerprint density at radius 3 is 2.61 bits per heavy atom. The number of anilines is 1. The molecule has 0 unspecified atom stereocenters. The Balaban J connectivity index is 0.00000259. The number of morpholine rings is 1. The number of aryl methyl sites for hydroxylation is 1. The second kappa shape index (κ2) is 10.1. The number of nitrogens with zero attached hydrogens (tertiary/aromatic N) is 6. The van der Waals surface area contributed by atoms with Crippen molar-refractivity contribution in [3.63, 3.8) is 0 Å². The highest BCUT2D eigenvalue weighted by molar-refractivity contribution is 7.59. The van der Waals surface area contributed by atoms with Crippen molar-refractivity contribution in [3.05, 3.63) is 30.0 Å². The van der Waals surface area contributed by atoms with E-state index in [0.29, 0.717) is 25.0 Å². The minimum absolute atomic E-state index is 0. The molecular formula is C23H32N6O3S. The molecule has 0 radical (unpaired) electrons. The fourth-order valence-electron chi connectivity index (χ4n) is 4.43. The Labute approximate surface area is 201 Å². The lowest BCUT2D eigenvalue weighted by molar-refractivity contribution is 0.104. The van der Waals surface area contributed by atoms with E-state index in [4.69, 9.17) is 14.2 Å². The molecule has 0 bridgehead atoms. The maximum Gasteiger partial charge on any atom is 0.320 e. The molecule has 0 N–H and O–H groups in total. The van der Waals surface area contributed by atoms with Crippen LogP contribution in [0.4, 0.5) is 5.82 Å². The molecule has 0 saturated carbocycles. The first kappa shape index (κ1) is 23.6. The second-order valence-corrected chi connectivity index (χ2v) is 8.55. The molecule has 2 aliphatic heterocycles. The fraction of sp³-hybridized carbons (Fsp3) is 0.522. The molecule has 2 aromatic heterocycles. The van der Waals surface area contributed by atoms with E-state index in [9.17, 15) is 0 Å². The lowest BCUT2D eigenvalue weighted by Gasteiger charge is -2.30. The summed E-state index contributed by atoms with van der Waals surface area (Å²) in [5.74, 6) is 2.38. The highest BCUT2D eigenvalue weighted by atomic mass is 32.1. The molecule has 1 aromatic carbocycles. The summed E-state index contributed by atoms with van der Waals surface area (Å²) >= 11 is 0. The van der Waals surface area contributed by atoms with Crippen LogP contribution in [-0.2, 0) is 4.74 Å². The normalized spacial score (nSPS) is 19.4. The van der Waals surface area contributed by atoms with Crippen LogP contribution in [-0.4, -0.2) is 84.3 Å². The average molecular weight is 473 g/mol. The van der Waals surface area contributed by atoms with E-state index in [2.05, 4.69) is 51.0 Å². The molecule has 4 heterocycles. The van der Waals surface area contributed by atoms with E-state index >= 15 is 0 Å². The van der Waals surface area contributed by atoms with Crippen molar-refractivity contribution in [2.45, 2.75) is 25.9 Å². The third-order valence-corrected chi connectivity index (χ3v) is 6.15. The van der Waals surface area contributed by atoms with Gasteiger partial charge in [-0.05, 0) is 45.0 Å². The lowest BCUT2D eigenvalue weighted by atomic mass is 10.1. The van der Waals surface area contributed by atoms with E-state index in [1.165, 1.54) is 0 Å². The molecule has 1 atom stereocenters. The Morgan fingerprint density at radius 1 is 1.06 bits per heavy atom. The largest absolute Gasteiger partial charge is 0.489 e. The van der Waals surface area contributed by atoms with E-state index in [-0.39, 0.29) is 19.6 Å². The van der Waals surface area contributed by atoms with Crippen molar-refractivity contribution in [2.24, 2.45) is 0 Å². The summed E-state index contributed by atoms with van der Waals surface area (Å²) in [6.07, 6.45) is 4.30. The van der Waals surface area contributed by atoms with Gasteiger partial charge in [0.25, 0.3) is 0 Å². The van der Waals surface area contributed by atoms with Gasteiger partial charge in [-0.3, -0.25) is 0 Å². The van der Waals surface area contributed by atoms with Crippen LogP contribution in [0, 0.1) is 6.92 Å². The minimum Gasteiger partial charge on any atom is -0.489 e. The molecule has 2 aliphatic rings. The molecule has 0 amide bonds. The number of likely N-dealkylation sites (N-methyl/N-ethyl adjacent to an activating group) is 1.